The highest BCUT2D eigenvalue weighted by molar-refractivity contribution is 9.10. The van der Waals surface area contributed by atoms with Gasteiger partial charge in [0.2, 0.25) is 0 Å². The number of amides is 1. The van der Waals surface area contributed by atoms with Gasteiger partial charge in [-0.3, -0.25) is 14.4 Å². The van der Waals surface area contributed by atoms with Gasteiger partial charge in [0.25, 0.3) is 11.5 Å². The summed E-state index contributed by atoms with van der Waals surface area (Å²) in [7, 11) is 1.50. The molecule has 1 aromatic heterocycles. The second-order valence-electron chi connectivity index (χ2n) is 4.59. The van der Waals surface area contributed by atoms with Crippen molar-refractivity contribution in [3.8, 4) is 0 Å². The maximum Gasteiger partial charge on any atom is 0.263 e. The number of carbonyl (C=O) groups is 2. The third kappa shape index (κ3) is 3.11. The summed E-state index contributed by atoms with van der Waals surface area (Å²) in [6.07, 6.45) is 1.98. The number of halogens is 1. The van der Waals surface area contributed by atoms with Crippen molar-refractivity contribution in [3.05, 3.63) is 62.0 Å². The molecule has 21 heavy (non-hydrogen) atoms. The first kappa shape index (κ1) is 15.2. The molecule has 0 atom stereocenters. The van der Waals surface area contributed by atoms with Crippen molar-refractivity contribution in [1.29, 1.82) is 0 Å². The molecule has 1 amide bonds. The largest absolute Gasteiger partial charge is 0.322 e. The fraction of sp³-hybridized carbons (Fsp3) is 0.133. The predicted molar refractivity (Wildman–Crippen MR) is 83.9 cm³/mol. The molecule has 0 aliphatic heterocycles. The monoisotopic (exact) mass is 348 g/mol. The van der Waals surface area contributed by atoms with Crippen LogP contribution < -0.4 is 10.9 Å². The van der Waals surface area contributed by atoms with E-state index in [1.165, 1.54) is 23.9 Å². The standard InChI is InChI=1S/C15H13BrN2O3/c1-9-12(16)4-3-5-13(9)17-14(20)11-6-10(8-19)7-18(2)15(11)21/h3-8H,1-2H3,(H,17,20). The van der Waals surface area contributed by atoms with E-state index in [0.29, 0.717) is 12.0 Å². The zero-order valence-corrected chi connectivity index (χ0v) is 13.1. The number of aldehydes is 1. The van der Waals surface area contributed by atoms with E-state index in [9.17, 15) is 14.4 Å². The summed E-state index contributed by atoms with van der Waals surface area (Å²) in [5.41, 5.74) is 1.21. The van der Waals surface area contributed by atoms with Gasteiger partial charge in [0.15, 0.2) is 6.29 Å². The molecule has 0 spiro atoms. The van der Waals surface area contributed by atoms with E-state index in [4.69, 9.17) is 0 Å². The number of aryl methyl sites for hydroxylation is 1. The summed E-state index contributed by atoms with van der Waals surface area (Å²) >= 11 is 3.38. The van der Waals surface area contributed by atoms with E-state index in [1.54, 1.807) is 12.1 Å². The molecule has 0 aliphatic carbocycles. The van der Waals surface area contributed by atoms with Crippen LogP contribution in [0.2, 0.25) is 0 Å². The fourth-order valence-electron chi connectivity index (χ4n) is 1.90. The summed E-state index contributed by atoms with van der Waals surface area (Å²) in [6, 6.07) is 6.67. The second kappa shape index (κ2) is 6.05. The van der Waals surface area contributed by atoms with E-state index < -0.39 is 11.5 Å². The van der Waals surface area contributed by atoms with Crippen molar-refractivity contribution in [2.24, 2.45) is 7.05 Å². The first-order valence-corrected chi connectivity index (χ1v) is 6.95. The quantitative estimate of drug-likeness (QED) is 0.866. The van der Waals surface area contributed by atoms with Crippen molar-refractivity contribution in [2.45, 2.75) is 6.92 Å². The minimum Gasteiger partial charge on any atom is -0.322 e. The van der Waals surface area contributed by atoms with E-state index in [0.717, 1.165) is 10.0 Å². The predicted octanol–water partition coefficient (Wildman–Crippen LogP) is 2.52. The normalized spacial score (nSPS) is 10.2. The van der Waals surface area contributed by atoms with Crippen LogP contribution in [0.25, 0.3) is 0 Å². The topological polar surface area (TPSA) is 68.2 Å². The highest BCUT2D eigenvalue weighted by Crippen LogP contribution is 2.23. The van der Waals surface area contributed by atoms with Gasteiger partial charge < -0.3 is 9.88 Å². The van der Waals surface area contributed by atoms with Crippen molar-refractivity contribution in [3.63, 3.8) is 0 Å². The fourth-order valence-corrected chi connectivity index (χ4v) is 2.26. The third-order valence-electron chi connectivity index (χ3n) is 3.10. The Balaban J connectivity index is 2.41. The molecule has 2 aromatic rings. The number of carbonyl (C=O) groups excluding carboxylic acids is 2. The molecule has 2 rings (SSSR count). The van der Waals surface area contributed by atoms with E-state index >= 15 is 0 Å². The van der Waals surface area contributed by atoms with Crippen LogP contribution in [-0.4, -0.2) is 16.8 Å². The van der Waals surface area contributed by atoms with Crippen molar-refractivity contribution in [2.75, 3.05) is 5.32 Å². The molecule has 5 nitrogen and oxygen atoms in total. The summed E-state index contributed by atoms with van der Waals surface area (Å²) in [4.78, 5) is 35.1. The summed E-state index contributed by atoms with van der Waals surface area (Å²) in [5.74, 6) is -0.541. The molecule has 0 saturated carbocycles. The number of aromatic nitrogens is 1. The molecule has 1 heterocycles. The van der Waals surface area contributed by atoms with Gasteiger partial charge in [0.05, 0.1) is 0 Å². The SMILES string of the molecule is Cc1c(Br)cccc1NC(=O)c1cc(C=O)cn(C)c1=O. The number of rotatable bonds is 3. The first-order chi connectivity index (χ1) is 9.93. The summed E-state index contributed by atoms with van der Waals surface area (Å²) < 4.78 is 2.07. The highest BCUT2D eigenvalue weighted by Gasteiger charge is 2.14. The lowest BCUT2D eigenvalue weighted by molar-refractivity contribution is 0.102. The smallest absolute Gasteiger partial charge is 0.263 e. The molecule has 0 unspecified atom stereocenters. The molecule has 0 fully saturated rings. The van der Waals surface area contributed by atoms with Crippen LogP contribution in [0.4, 0.5) is 5.69 Å². The maximum absolute atomic E-state index is 12.3. The minimum atomic E-state index is -0.541. The van der Waals surface area contributed by atoms with Crippen LogP contribution in [0.3, 0.4) is 0 Å². The van der Waals surface area contributed by atoms with Crippen LogP contribution in [-0.2, 0) is 7.05 Å². The van der Waals surface area contributed by atoms with Gasteiger partial charge in [-0.25, -0.2) is 0 Å². The molecular formula is C15H13BrN2O3. The van der Waals surface area contributed by atoms with Crippen LogP contribution in [0, 0.1) is 6.92 Å². The minimum absolute atomic E-state index is 0.0681. The van der Waals surface area contributed by atoms with Crippen LogP contribution in [0.5, 0.6) is 0 Å². The Morgan fingerprint density at radius 1 is 1.38 bits per heavy atom. The first-order valence-electron chi connectivity index (χ1n) is 6.16. The Morgan fingerprint density at radius 3 is 2.76 bits per heavy atom. The zero-order chi connectivity index (χ0) is 15.6. The number of hydrogen-bond donors (Lipinski definition) is 1. The van der Waals surface area contributed by atoms with Gasteiger partial charge in [-0.1, -0.05) is 22.0 Å². The molecule has 0 bridgehead atoms. The van der Waals surface area contributed by atoms with Gasteiger partial charge in [-0.15, -0.1) is 0 Å². The zero-order valence-electron chi connectivity index (χ0n) is 11.5. The Hall–Kier alpha value is -2.21. The molecule has 6 heteroatoms. The van der Waals surface area contributed by atoms with Crippen molar-refractivity contribution < 1.29 is 9.59 Å². The average molecular weight is 349 g/mol. The Morgan fingerprint density at radius 2 is 2.10 bits per heavy atom. The lowest BCUT2D eigenvalue weighted by Crippen LogP contribution is -2.28. The number of anilines is 1. The summed E-state index contributed by atoms with van der Waals surface area (Å²) in [6.45, 7) is 1.85. The second-order valence-corrected chi connectivity index (χ2v) is 5.44. The van der Waals surface area contributed by atoms with E-state index in [2.05, 4.69) is 21.2 Å². The number of pyridine rings is 1. The Kier molecular flexibility index (Phi) is 4.37. The number of nitrogens with zero attached hydrogens (tertiary/aromatic N) is 1. The highest BCUT2D eigenvalue weighted by atomic mass is 79.9. The number of benzene rings is 1. The molecule has 1 aromatic carbocycles. The van der Waals surface area contributed by atoms with Gasteiger partial charge >= 0.3 is 0 Å². The molecule has 1 N–H and O–H groups in total. The molecule has 0 aliphatic rings. The average Bonchev–Trinajstić information content (AvgIpc) is 2.46. The van der Waals surface area contributed by atoms with E-state index in [-0.39, 0.29) is 11.1 Å². The maximum atomic E-state index is 12.3. The van der Waals surface area contributed by atoms with Crippen molar-refractivity contribution in [1.82, 2.24) is 4.57 Å². The lowest BCUT2D eigenvalue weighted by Gasteiger charge is -2.10. The lowest BCUT2D eigenvalue weighted by atomic mass is 10.1. The van der Waals surface area contributed by atoms with Gasteiger partial charge in [-0.2, -0.15) is 0 Å². The molecule has 108 valence electrons. The number of hydrogen-bond acceptors (Lipinski definition) is 3. The van der Waals surface area contributed by atoms with Gasteiger partial charge in [0.1, 0.15) is 5.56 Å². The van der Waals surface area contributed by atoms with Crippen LogP contribution in [0.15, 0.2) is 39.7 Å². The molecule has 0 radical (unpaired) electrons. The van der Waals surface area contributed by atoms with Gasteiger partial charge in [-0.05, 0) is 30.7 Å². The molecule has 0 saturated heterocycles. The van der Waals surface area contributed by atoms with Crippen molar-refractivity contribution >= 4 is 33.8 Å². The van der Waals surface area contributed by atoms with Crippen LogP contribution in [0.1, 0.15) is 26.3 Å². The number of nitrogens with one attached hydrogen (secondary N) is 1. The molecular weight excluding hydrogens is 336 g/mol. The van der Waals surface area contributed by atoms with Gasteiger partial charge in [0, 0.05) is 29.0 Å². The van der Waals surface area contributed by atoms with E-state index in [1.807, 2.05) is 13.0 Å². The Labute approximate surface area is 129 Å². The third-order valence-corrected chi connectivity index (χ3v) is 3.96. The van der Waals surface area contributed by atoms with Crippen LogP contribution >= 0.6 is 15.9 Å². The summed E-state index contributed by atoms with van der Waals surface area (Å²) in [5, 5.41) is 2.69. The Bertz CT molecular complexity index is 781.